The van der Waals surface area contributed by atoms with E-state index in [1.165, 1.54) is 13.3 Å². The molecule has 0 spiro atoms. The fourth-order valence-electron chi connectivity index (χ4n) is 0.730. The van der Waals surface area contributed by atoms with Crippen molar-refractivity contribution in [2.75, 3.05) is 7.11 Å². The van der Waals surface area contributed by atoms with E-state index in [0.29, 0.717) is 17.0 Å². The van der Waals surface area contributed by atoms with Gasteiger partial charge in [-0.05, 0) is 12.1 Å². The molecular weight excluding hydrogens is 152 g/mol. The Morgan fingerprint density at radius 3 is 2.83 bits per heavy atom. The molecule has 12 heavy (non-hydrogen) atoms. The largest absolute Gasteiger partial charge is 0.495 e. The van der Waals surface area contributed by atoms with Crippen LogP contribution in [0.25, 0.3) is 5.76 Å². The van der Waals surface area contributed by atoms with E-state index in [4.69, 9.17) is 10.00 Å². The first kappa shape index (κ1) is 8.28. The van der Waals surface area contributed by atoms with E-state index in [-0.39, 0.29) is 0 Å². The number of ether oxygens (including phenoxy) is 1. The van der Waals surface area contributed by atoms with Crippen LogP contribution in [0.4, 0.5) is 0 Å². The van der Waals surface area contributed by atoms with Gasteiger partial charge < -0.3 is 4.74 Å². The molecular formula is C9H8N2O. The van der Waals surface area contributed by atoms with Gasteiger partial charge in [0.1, 0.15) is 17.5 Å². The molecule has 0 N–H and O–H groups in total. The van der Waals surface area contributed by atoms with Gasteiger partial charge in [0.05, 0.1) is 12.7 Å². The smallest absolute Gasteiger partial charge is 0.137 e. The molecule has 0 amide bonds. The SMILES string of the molecule is C=C(OC)c1ccc(C#N)cn1. The van der Waals surface area contributed by atoms with E-state index in [1.807, 2.05) is 6.07 Å². The van der Waals surface area contributed by atoms with Crippen LogP contribution in [0, 0.1) is 11.3 Å². The number of nitriles is 1. The lowest BCUT2D eigenvalue weighted by molar-refractivity contribution is 0.369. The van der Waals surface area contributed by atoms with Gasteiger partial charge in [0.15, 0.2) is 0 Å². The van der Waals surface area contributed by atoms with Gasteiger partial charge in [-0.2, -0.15) is 5.26 Å². The number of nitrogens with zero attached hydrogens (tertiary/aromatic N) is 2. The van der Waals surface area contributed by atoms with Gasteiger partial charge in [0, 0.05) is 6.20 Å². The zero-order valence-corrected chi connectivity index (χ0v) is 6.74. The van der Waals surface area contributed by atoms with Gasteiger partial charge in [-0.1, -0.05) is 6.58 Å². The molecule has 1 rings (SSSR count). The second-order valence-electron chi connectivity index (χ2n) is 2.17. The minimum absolute atomic E-state index is 0.500. The minimum Gasteiger partial charge on any atom is -0.495 e. The first-order chi connectivity index (χ1) is 5.77. The zero-order valence-electron chi connectivity index (χ0n) is 6.74. The molecule has 0 bridgehead atoms. The van der Waals surface area contributed by atoms with Crippen LogP contribution in [0.5, 0.6) is 0 Å². The zero-order chi connectivity index (χ0) is 8.97. The fourth-order valence-corrected chi connectivity index (χ4v) is 0.730. The van der Waals surface area contributed by atoms with Crippen molar-refractivity contribution in [2.24, 2.45) is 0 Å². The van der Waals surface area contributed by atoms with Crippen LogP contribution in [0.15, 0.2) is 24.9 Å². The summed E-state index contributed by atoms with van der Waals surface area (Å²) >= 11 is 0. The van der Waals surface area contributed by atoms with Crippen LogP contribution in [-0.2, 0) is 4.74 Å². The van der Waals surface area contributed by atoms with E-state index < -0.39 is 0 Å². The Balaban J connectivity index is 2.94. The average molecular weight is 160 g/mol. The highest BCUT2D eigenvalue weighted by atomic mass is 16.5. The van der Waals surface area contributed by atoms with Crippen molar-refractivity contribution >= 4 is 5.76 Å². The summed E-state index contributed by atoms with van der Waals surface area (Å²) in [5.41, 5.74) is 1.18. The van der Waals surface area contributed by atoms with Crippen LogP contribution in [-0.4, -0.2) is 12.1 Å². The van der Waals surface area contributed by atoms with Gasteiger partial charge in [0.2, 0.25) is 0 Å². The predicted octanol–water partition coefficient (Wildman–Crippen LogP) is 1.57. The molecule has 60 valence electrons. The maximum Gasteiger partial charge on any atom is 0.137 e. The van der Waals surface area contributed by atoms with Crippen molar-refractivity contribution in [2.45, 2.75) is 0 Å². The highest BCUT2D eigenvalue weighted by Gasteiger charge is 1.98. The molecule has 0 radical (unpaired) electrons. The van der Waals surface area contributed by atoms with Gasteiger partial charge >= 0.3 is 0 Å². The van der Waals surface area contributed by atoms with E-state index >= 15 is 0 Å². The van der Waals surface area contributed by atoms with Gasteiger partial charge in [0.25, 0.3) is 0 Å². The molecule has 0 atom stereocenters. The van der Waals surface area contributed by atoms with Crippen LogP contribution in [0.2, 0.25) is 0 Å². The number of rotatable bonds is 2. The van der Waals surface area contributed by atoms with Gasteiger partial charge in [-0.25, -0.2) is 0 Å². The maximum atomic E-state index is 8.48. The number of hydrogen-bond donors (Lipinski definition) is 0. The molecule has 0 fully saturated rings. The molecule has 0 unspecified atom stereocenters. The Labute approximate surface area is 70.9 Å². The Morgan fingerprint density at radius 2 is 2.42 bits per heavy atom. The molecule has 1 heterocycles. The second-order valence-corrected chi connectivity index (χ2v) is 2.17. The van der Waals surface area contributed by atoms with Crippen LogP contribution in [0.3, 0.4) is 0 Å². The first-order valence-electron chi connectivity index (χ1n) is 3.37. The molecule has 0 aromatic carbocycles. The molecule has 3 heteroatoms. The molecule has 0 aliphatic rings. The summed E-state index contributed by atoms with van der Waals surface area (Å²) in [6.07, 6.45) is 1.49. The van der Waals surface area contributed by atoms with Crippen LogP contribution >= 0.6 is 0 Å². The highest BCUT2D eigenvalue weighted by molar-refractivity contribution is 5.53. The van der Waals surface area contributed by atoms with Crippen molar-refractivity contribution in [3.63, 3.8) is 0 Å². The summed E-state index contributed by atoms with van der Waals surface area (Å²) in [6.45, 7) is 3.63. The lowest BCUT2D eigenvalue weighted by atomic mass is 10.2. The van der Waals surface area contributed by atoms with E-state index in [2.05, 4.69) is 11.6 Å². The molecule has 0 aliphatic heterocycles. The molecule has 0 saturated heterocycles. The first-order valence-corrected chi connectivity index (χ1v) is 3.37. The maximum absolute atomic E-state index is 8.48. The Bertz CT molecular complexity index is 321. The summed E-state index contributed by atoms with van der Waals surface area (Å²) in [4.78, 5) is 3.97. The quantitative estimate of drug-likeness (QED) is 0.617. The number of aromatic nitrogens is 1. The molecule has 0 saturated carbocycles. The van der Waals surface area contributed by atoms with Crippen molar-refractivity contribution in [3.05, 3.63) is 36.2 Å². The molecule has 1 aromatic heterocycles. The van der Waals surface area contributed by atoms with Crippen molar-refractivity contribution in [1.29, 1.82) is 5.26 Å². The Hall–Kier alpha value is -1.82. The fraction of sp³-hybridized carbons (Fsp3) is 0.111. The highest BCUT2D eigenvalue weighted by Crippen LogP contribution is 2.09. The number of pyridine rings is 1. The van der Waals surface area contributed by atoms with Crippen LogP contribution < -0.4 is 0 Å². The normalized spacial score (nSPS) is 8.67. The topological polar surface area (TPSA) is 45.9 Å². The third kappa shape index (κ3) is 1.61. The molecule has 0 aliphatic carbocycles. The monoisotopic (exact) mass is 160 g/mol. The number of methoxy groups -OCH3 is 1. The van der Waals surface area contributed by atoms with Crippen molar-refractivity contribution < 1.29 is 4.74 Å². The standard InChI is InChI=1S/C9H8N2O/c1-7(12-2)9-4-3-8(5-10)6-11-9/h3-4,6H,1H2,2H3. The summed E-state index contributed by atoms with van der Waals surface area (Å²) in [5, 5.41) is 8.48. The van der Waals surface area contributed by atoms with Crippen molar-refractivity contribution in [3.8, 4) is 6.07 Å². The molecule has 1 aromatic rings. The summed E-state index contributed by atoms with van der Waals surface area (Å²) in [7, 11) is 1.53. The average Bonchev–Trinajstić information content (AvgIpc) is 2.17. The second kappa shape index (κ2) is 3.54. The third-order valence-corrected chi connectivity index (χ3v) is 1.42. The van der Waals surface area contributed by atoms with Gasteiger partial charge in [-0.3, -0.25) is 4.98 Å². The van der Waals surface area contributed by atoms with Crippen LogP contribution in [0.1, 0.15) is 11.3 Å². The summed E-state index contributed by atoms with van der Waals surface area (Å²) in [5.74, 6) is 0.500. The van der Waals surface area contributed by atoms with E-state index in [9.17, 15) is 0 Å². The minimum atomic E-state index is 0.500. The van der Waals surface area contributed by atoms with Gasteiger partial charge in [-0.15, -0.1) is 0 Å². The summed E-state index contributed by atoms with van der Waals surface area (Å²) < 4.78 is 4.87. The van der Waals surface area contributed by atoms with E-state index in [0.717, 1.165) is 0 Å². The third-order valence-electron chi connectivity index (χ3n) is 1.42. The Morgan fingerprint density at radius 1 is 1.67 bits per heavy atom. The van der Waals surface area contributed by atoms with Crippen molar-refractivity contribution in [1.82, 2.24) is 4.98 Å². The lowest BCUT2D eigenvalue weighted by Gasteiger charge is -2.01. The predicted molar refractivity (Wildman–Crippen MR) is 45.0 cm³/mol. The number of hydrogen-bond acceptors (Lipinski definition) is 3. The molecule has 3 nitrogen and oxygen atoms in total. The Kier molecular flexibility index (Phi) is 2.44. The summed E-state index contributed by atoms with van der Waals surface area (Å²) in [6, 6.07) is 5.35. The lowest BCUT2D eigenvalue weighted by Crippen LogP contribution is -1.89. The van der Waals surface area contributed by atoms with E-state index in [1.54, 1.807) is 12.1 Å².